The zero-order valence-corrected chi connectivity index (χ0v) is 59.3. The van der Waals surface area contributed by atoms with Crippen LogP contribution in [0.15, 0.2) is 218 Å². The number of rotatable bonds is 8. The van der Waals surface area contributed by atoms with Crippen molar-refractivity contribution >= 4 is 100 Å². The van der Waals surface area contributed by atoms with Crippen molar-refractivity contribution in [3.8, 4) is 44.5 Å². The molecule has 0 atom stereocenters. The maximum atomic E-state index is 5.94. The molecule has 0 bridgehead atoms. The summed E-state index contributed by atoms with van der Waals surface area (Å²) < 4.78 is 0. The number of hydrogen-bond acceptors (Lipinski definition) is 0. The summed E-state index contributed by atoms with van der Waals surface area (Å²) in [7, 11) is 0. The molecule has 0 saturated heterocycles. The molecule has 0 nitrogen and oxygen atoms in total. The second-order valence-electron chi connectivity index (χ2n) is 20.1. The first-order chi connectivity index (χ1) is 38.6. The molecule has 0 heterocycles. The summed E-state index contributed by atoms with van der Waals surface area (Å²) in [6.45, 7) is 18.0. The molecule has 0 spiro atoms. The minimum Gasteiger partial charge on any atom is -1.00 e. The van der Waals surface area contributed by atoms with E-state index in [0.29, 0.717) is 0 Å². The molecule has 82 heavy (non-hydrogen) atoms. The second kappa shape index (κ2) is 34.3. The van der Waals surface area contributed by atoms with Crippen molar-refractivity contribution in [1.82, 2.24) is 0 Å². The van der Waals surface area contributed by atoms with E-state index in [1.165, 1.54) is 110 Å². The predicted molar refractivity (Wildman–Crippen MR) is 352 cm³/mol. The van der Waals surface area contributed by atoms with Gasteiger partial charge in [-0.1, -0.05) is 169 Å². The Labute approximate surface area is 550 Å². The third-order valence-electron chi connectivity index (χ3n) is 13.5. The van der Waals surface area contributed by atoms with Crippen LogP contribution in [0, 0.1) is 0 Å². The van der Waals surface area contributed by atoms with Crippen LogP contribution in [0.1, 0.15) is 49.9 Å². The minimum atomic E-state index is 0. The van der Waals surface area contributed by atoms with Gasteiger partial charge in [-0.05, 0) is 96.5 Å². The van der Waals surface area contributed by atoms with Crippen molar-refractivity contribution in [3.05, 3.63) is 261 Å². The van der Waals surface area contributed by atoms with Gasteiger partial charge in [-0.25, -0.2) is 0 Å². The molecule has 0 aliphatic rings. The van der Waals surface area contributed by atoms with Gasteiger partial charge in [0.15, 0.2) is 0 Å². The van der Waals surface area contributed by atoms with Crippen LogP contribution in [0.3, 0.4) is 0 Å². The van der Waals surface area contributed by atoms with Crippen LogP contribution in [0.25, 0.3) is 87.6 Å². The average molecular weight is 1380 g/mol. The molecular formula is C72H68Cl6Si2Zr2-2. The largest absolute Gasteiger partial charge is 1.00 e. The molecule has 0 radical (unpaired) electrons. The molecule has 416 valence electrons. The molecule has 0 fully saturated rings. The van der Waals surface area contributed by atoms with Gasteiger partial charge in [0.25, 0.3) is 0 Å². The molecule has 0 aliphatic heterocycles. The summed E-state index contributed by atoms with van der Waals surface area (Å²) in [6, 6.07) is 76.3. The van der Waals surface area contributed by atoms with Gasteiger partial charge in [0.05, 0.1) is 0 Å². The number of halogens is 6. The average Bonchev–Trinajstić information content (AvgIpc) is 4.33. The van der Waals surface area contributed by atoms with Crippen LogP contribution in [-0.2, 0) is 72.4 Å². The van der Waals surface area contributed by atoms with Crippen LogP contribution >= 0.6 is 46.4 Å². The molecular weight excluding hydrogens is 1320 g/mol. The van der Waals surface area contributed by atoms with Crippen molar-refractivity contribution in [2.45, 2.75) is 79.6 Å². The van der Waals surface area contributed by atoms with E-state index in [-0.39, 0.29) is 35.7 Å². The van der Waals surface area contributed by atoms with E-state index < -0.39 is 0 Å². The van der Waals surface area contributed by atoms with E-state index in [1.54, 1.807) is 46.7 Å². The second-order valence-corrected chi connectivity index (χ2v) is 40.6. The van der Waals surface area contributed by atoms with Gasteiger partial charge < -0.3 is 24.8 Å². The molecule has 0 aromatic heterocycles. The van der Waals surface area contributed by atoms with Crippen molar-refractivity contribution in [2.75, 3.05) is 0 Å². The maximum absolute atomic E-state index is 5.94. The number of benzene rings is 8. The third-order valence-corrected chi connectivity index (χ3v) is 14.5. The Hall–Kier alpha value is -3.86. The fourth-order valence-corrected chi connectivity index (χ4v) is 10.0. The van der Waals surface area contributed by atoms with Crippen LogP contribution in [0.4, 0.5) is 0 Å². The Bertz CT molecular complexity index is 3430. The summed E-state index contributed by atoms with van der Waals surface area (Å²) in [5.41, 5.74) is 16.0. The molecule has 12 aromatic rings. The summed E-state index contributed by atoms with van der Waals surface area (Å²) >= 11 is 27.3. The van der Waals surface area contributed by atoms with Gasteiger partial charge in [0.1, 0.15) is 0 Å². The molecule has 12 aromatic carbocycles. The maximum Gasteiger partial charge on any atom is -1.00 e. The molecule has 0 unspecified atom stereocenters. The van der Waals surface area contributed by atoms with Crippen LogP contribution in [0.5, 0.6) is 0 Å². The quantitative estimate of drug-likeness (QED) is 0.105. The summed E-state index contributed by atoms with van der Waals surface area (Å²) in [4.78, 5) is 0. The van der Waals surface area contributed by atoms with Gasteiger partial charge in [0, 0.05) is 20.1 Å². The van der Waals surface area contributed by atoms with E-state index in [0.717, 1.165) is 45.8 Å². The summed E-state index contributed by atoms with van der Waals surface area (Å²) in [5.74, 6) is 0. The van der Waals surface area contributed by atoms with E-state index >= 15 is 0 Å². The number of hydrogen-bond donors (Lipinski definition) is 0. The van der Waals surface area contributed by atoms with Crippen molar-refractivity contribution in [2.24, 2.45) is 0 Å². The van der Waals surface area contributed by atoms with Gasteiger partial charge >= 0.3 is 83.7 Å². The zero-order valence-electron chi connectivity index (χ0n) is 47.9. The zero-order chi connectivity index (χ0) is 57.3. The SMILES string of the molecule is CCc1cc2c(-c3ccc(Cl)cc3)cccc2[cH-]1.CCc1cc2c(-c3ccc(Cl)cc3)cccc2[cH-]1.CCc1cc2c(-c3ccc(Cl)cc3)cccc2[cH-]1.CCc1cc2c(-c3ccc(Cl)cc3)cccc2[cH-]1.C[Si](C)=[Zr+2].C[Si](C)=[Zr+2].[Cl-].[Cl-]. The normalized spacial score (nSPS) is 10.3. The van der Waals surface area contributed by atoms with Gasteiger partial charge in [-0.2, -0.15) is 24.3 Å². The fraction of sp³-hybridized carbons (Fsp3) is 0.167. The standard InChI is InChI=1S/4C17H14Cl.2C2H6Si.2ClH.2Zr/c4*1-2-12-10-14-4-3-5-16(17(14)11-12)13-6-8-15(18)9-7-13;2*1-3-2;;;;/h4*3-11H,2H2,1H3;2*1-2H3;2*1H;;/q4*-1;;;;;2*+2/p-2. The van der Waals surface area contributed by atoms with E-state index in [1.807, 2.05) is 48.5 Å². The topological polar surface area (TPSA) is 0 Å². The monoisotopic (exact) mass is 1380 g/mol. The van der Waals surface area contributed by atoms with Crippen molar-refractivity contribution < 1.29 is 71.5 Å². The van der Waals surface area contributed by atoms with Gasteiger partial charge in [-0.3, -0.25) is 0 Å². The minimum absolute atomic E-state index is 0. The van der Waals surface area contributed by atoms with Crippen molar-refractivity contribution in [3.63, 3.8) is 0 Å². The Balaban J connectivity index is 0.000000190. The fourth-order valence-electron chi connectivity index (χ4n) is 9.53. The predicted octanol–water partition coefficient (Wildman–Crippen LogP) is 17.3. The molecule has 10 heteroatoms. The Morgan fingerprint density at radius 1 is 0.305 bits per heavy atom. The summed E-state index contributed by atoms with van der Waals surface area (Å²) in [5, 5.41) is 13.7. The number of aryl methyl sites for hydroxylation is 4. The van der Waals surface area contributed by atoms with Gasteiger partial charge in [0.2, 0.25) is 0 Å². The van der Waals surface area contributed by atoms with Gasteiger partial charge in [-0.15, -0.1) is 138 Å². The molecule has 0 amide bonds. The molecule has 0 saturated carbocycles. The molecule has 0 aliphatic carbocycles. The van der Waals surface area contributed by atoms with Crippen LogP contribution < -0.4 is 24.8 Å². The Morgan fingerprint density at radius 3 is 0.634 bits per heavy atom. The number of fused-ring (bicyclic) bond motifs is 4. The van der Waals surface area contributed by atoms with E-state index in [2.05, 4.69) is 224 Å². The third kappa shape index (κ3) is 19.6. The van der Waals surface area contributed by atoms with Crippen LogP contribution in [0.2, 0.25) is 46.3 Å². The molecule has 12 rings (SSSR count). The first-order valence-corrected chi connectivity index (χ1v) is 41.3. The molecule has 0 N–H and O–H groups in total. The van der Waals surface area contributed by atoms with Crippen molar-refractivity contribution in [1.29, 1.82) is 0 Å². The first kappa shape index (κ1) is 68.9. The Morgan fingerprint density at radius 2 is 0.476 bits per heavy atom. The van der Waals surface area contributed by atoms with Crippen LogP contribution in [-0.4, -0.2) is 10.9 Å². The van der Waals surface area contributed by atoms with E-state index in [9.17, 15) is 0 Å². The first-order valence-electron chi connectivity index (χ1n) is 27.4. The van der Waals surface area contributed by atoms with E-state index in [4.69, 9.17) is 46.4 Å². The Kier molecular flexibility index (Phi) is 28.8. The summed E-state index contributed by atoms with van der Waals surface area (Å²) in [6.07, 6.45) is 4.31. The smallest absolute Gasteiger partial charge is 1.00 e.